The number of rotatable bonds is 4. The molecule has 1 aromatic rings. The summed E-state index contributed by atoms with van der Waals surface area (Å²) < 4.78 is 6.11. The normalized spacial score (nSPS) is 33.9. The van der Waals surface area contributed by atoms with Crippen molar-refractivity contribution in [2.45, 2.75) is 32.4 Å². The molecule has 3 saturated heterocycles. The van der Waals surface area contributed by atoms with Crippen LogP contribution in [-0.4, -0.2) is 55.2 Å². The average molecular weight is 306 g/mol. The van der Waals surface area contributed by atoms with Crippen LogP contribution in [0.1, 0.15) is 23.3 Å². The van der Waals surface area contributed by atoms with E-state index in [4.69, 9.17) is 4.74 Å². The molecule has 3 atom stereocenters. The standard InChI is InChI=1S/C17H26N2OS/c1-13-4-7-21-17(13)11-19-9-15-14(12-20-16(15)10-19)8-18-5-2-3-6-18/h4,7,14-16H,2-3,5-6,8-12H2,1H3/t14-,15+,16+/m1/s1. The van der Waals surface area contributed by atoms with Gasteiger partial charge in [-0.2, -0.15) is 0 Å². The molecule has 3 fully saturated rings. The Kier molecular flexibility index (Phi) is 4.05. The van der Waals surface area contributed by atoms with Crippen molar-refractivity contribution in [1.29, 1.82) is 0 Å². The van der Waals surface area contributed by atoms with E-state index in [-0.39, 0.29) is 0 Å². The fraction of sp³-hybridized carbons (Fsp3) is 0.765. The highest BCUT2D eigenvalue weighted by molar-refractivity contribution is 7.10. The van der Waals surface area contributed by atoms with Crippen molar-refractivity contribution in [2.75, 3.05) is 39.3 Å². The number of thiophene rings is 1. The van der Waals surface area contributed by atoms with E-state index in [1.807, 2.05) is 11.3 Å². The van der Waals surface area contributed by atoms with Gasteiger partial charge in [-0.1, -0.05) is 0 Å². The van der Waals surface area contributed by atoms with Crippen molar-refractivity contribution < 1.29 is 4.74 Å². The summed E-state index contributed by atoms with van der Waals surface area (Å²) in [5.74, 6) is 1.54. The summed E-state index contributed by atoms with van der Waals surface area (Å²) in [4.78, 5) is 6.80. The van der Waals surface area contributed by atoms with Gasteiger partial charge in [-0.25, -0.2) is 0 Å². The number of ether oxygens (including phenoxy) is 1. The smallest absolute Gasteiger partial charge is 0.0746 e. The van der Waals surface area contributed by atoms with Gasteiger partial charge in [0.1, 0.15) is 0 Å². The zero-order valence-corrected chi connectivity index (χ0v) is 13.8. The molecule has 0 aliphatic carbocycles. The van der Waals surface area contributed by atoms with Crippen LogP contribution in [0.3, 0.4) is 0 Å². The van der Waals surface area contributed by atoms with Crippen LogP contribution in [0.2, 0.25) is 0 Å². The van der Waals surface area contributed by atoms with Crippen molar-refractivity contribution in [3.05, 3.63) is 21.9 Å². The highest BCUT2D eigenvalue weighted by atomic mass is 32.1. The number of hydrogen-bond acceptors (Lipinski definition) is 4. The molecule has 116 valence electrons. The molecule has 3 aliphatic heterocycles. The zero-order chi connectivity index (χ0) is 14.2. The molecule has 0 saturated carbocycles. The fourth-order valence-corrected chi connectivity index (χ4v) is 5.21. The largest absolute Gasteiger partial charge is 0.376 e. The lowest BCUT2D eigenvalue weighted by Gasteiger charge is -2.24. The van der Waals surface area contributed by atoms with Gasteiger partial charge in [0.25, 0.3) is 0 Å². The van der Waals surface area contributed by atoms with Crippen LogP contribution in [-0.2, 0) is 11.3 Å². The molecule has 3 aliphatic rings. The molecule has 4 heterocycles. The first-order valence-corrected chi connectivity index (χ1v) is 9.27. The third-order valence-electron chi connectivity index (χ3n) is 5.54. The Hall–Kier alpha value is -0.420. The van der Waals surface area contributed by atoms with Gasteiger partial charge in [0.05, 0.1) is 12.7 Å². The second kappa shape index (κ2) is 5.99. The Labute approximate surface area is 131 Å². The minimum Gasteiger partial charge on any atom is -0.376 e. The summed E-state index contributed by atoms with van der Waals surface area (Å²) in [6, 6.07) is 2.24. The number of likely N-dealkylation sites (tertiary alicyclic amines) is 2. The fourth-order valence-electron chi connectivity index (χ4n) is 4.26. The quantitative estimate of drug-likeness (QED) is 0.850. The van der Waals surface area contributed by atoms with Crippen LogP contribution >= 0.6 is 11.3 Å². The maximum absolute atomic E-state index is 6.11. The Morgan fingerprint density at radius 2 is 2.10 bits per heavy atom. The van der Waals surface area contributed by atoms with Gasteiger partial charge in [0.15, 0.2) is 0 Å². The predicted molar refractivity (Wildman–Crippen MR) is 86.7 cm³/mol. The van der Waals surface area contributed by atoms with Crippen LogP contribution in [0.5, 0.6) is 0 Å². The van der Waals surface area contributed by atoms with E-state index in [0.717, 1.165) is 31.5 Å². The van der Waals surface area contributed by atoms with Gasteiger partial charge in [-0.3, -0.25) is 4.90 Å². The minimum atomic E-state index is 0.498. The van der Waals surface area contributed by atoms with Crippen molar-refractivity contribution in [2.24, 2.45) is 11.8 Å². The molecule has 3 nitrogen and oxygen atoms in total. The molecule has 0 aromatic carbocycles. The number of hydrogen-bond donors (Lipinski definition) is 0. The second-order valence-corrected chi connectivity index (χ2v) is 8.02. The summed E-state index contributed by atoms with van der Waals surface area (Å²) in [5, 5.41) is 2.22. The SMILES string of the molecule is Cc1ccsc1CN1C[C@H]2[C@H](CN3CCCC3)CO[C@H]2C1. The molecule has 1 aromatic heterocycles. The van der Waals surface area contributed by atoms with E-state index in [9.17, 15) is 0 Å². The molecular formula is C17H26N2OS. The lowest BCUT2D eigenvalue weighted by Crippen LogP contribution is -2.32. The lowest BCUT2D eigenvalue weighted by atomic mass is 9.93. The van der Waals surface area contributed by atoms with E-state index in [1.54, 1.807) is 0 Å². The molecular weight excluding hydrogens is 280 g/mol. The average Bonchev–Trinajstić information content (AvgIpc) is 3.20. The van der Waals surface area contributed by atoms with Crippen LogP contribution in [0.4, 0.5) is 0 Å². The highest BCUT2D eigenvalue weighted by Gasteiger charge is 2.44. The molecule has 0 spiro atoms. The van der Waals surface area contributed by atoms with E-state index < -0.39 is 0 Å². The second-order valence-electron chi connectivity index (χ2n) is 7.02. The van der Waals surface area contributed by atoms with Gasteiger partial charge in [-0.15, -0.1) is 11.3 Å². The van der Waals surface area contributed by atoms with Gasteiger partial charge >= 0.3 is 0 Å². The maximum atomic E-state index is 6.11. The predicted octanol–water partition coefficient (Wildman–Crippen LogP) is 2.60. The molecule has 0 bridgehead atoms. The van der Waals surface area contributed by atoms with Gasteiger partial charge in [-0.05, 0) is 49.9 Å². The third-order valence-corrected chi connectivity index (χ3v) is 6.55. The van der Waals surface area contributed by atoms with Crippen LogP contribution in [0.15, 0.2) is 11.4 Å². The first kappa shape index (κ1) is 14.2. The zero-order valence-electron chi connectivity index (χ0n) is 13.0. The summed E-state index contributed by atoms with van der Waals surface area (Å²) >= 11 is 1.90. The van der Waals surface area contributed by atoms with Crippen LogP contribution in [0.25, 0.3) is 0 Å². The summed E-state index contributed by atoms with van der Waals surface area (Å²) in [6.45, 7) is 10.6. The van der Waals surface area contributed by atoms with Crippen molar-refractivity contribution in [1.82, 2.24) is 9.80 Å². The summed E-state index contributed by atoms with van der Waals surface area (Å²) in [6.07, 6.45) is 3.29. The summed E-state index contributed by atoms with van der Waals surface area (Å²) in [7, 11) is 0. The van der Waals surface area contributed by atoms with E-state index >= 15 is 0 Å². The topological polar surface area (TPSA) is 15.7 Å². The Morgan fingerprint density at radius 3 is 2.86 bits per heavy atom. The minimum absolute atomic E-state index is 0.498. The third kappa shape index (κ3) is 2.91. The first-order valence-electron chi connectivity index (χ1n) is 8.39. The Balaban J connectivity index is 1.35. The highest BCUT2D eigenvalue weighted by Crippen LogP contribution is 2.35. The molecule has 4 heteroatoms. The van der Waals surface area contributed by atoms with E-state index in [2.05, 4.69) is 28.2 Å². The summed E-state index contributed by atoms with van der Waals surface area (Å²) in [5.41, 5.74) is 1.45. The lowest BCUT2D eigenvalue weighted by molar-refractivity contribution is 0.0915. The van der Waals surface area contributed by atoms with Gasteiger partial charge in [0.2, 0.25) is 0 Å². The molecule has 0 amide bonds. The molecule has 4 rings (SSSR count). The van der Waals surface area contributed by atoms with E-state index in [1.165, 1.54) is 49.5 Å². The monoisotopic (exact) mass is 306 g/mol. The molecule has 21 heavy (non-hydrogen) atoms. The molecule has 0 radical (unpaired) electrons. The van der Waals surface area contributed by atoms with Crippen molar-refractivity contribution in [3.63, 3.8) is 0 Å². The Morgan fingerprint density at radius 1 is 1.24 bits per heavy atom. The van der Waals surface area contributed by atoms with E-state index in [0.29, 0.717) is 6.10 Å². The van der Waals surface area contributed by atoms with Crippen molar-refractivity contribution >= 4 is 11.3 Å². The first-order chi connectivity index (χ1) is 10.3. The molecule has 0 unspecified atom stereocenters. The van der Waals surface area contributed by atoms with Crippen LogP contribution in [0, 0.1) is 18.8 Å². The number of nitrogens with zero attached hydrogens (tertiary/aromatic N) is 2. The Bertz CT molecular complexity index is 483. The van der Waals surface area contributed by atoms with Crippen molar-refractivity contribution in [3.8, 4) is 0 Å². The number of fused-ring (bicyclic) bond motifs is 1. The van der Waals surface area contributed by atoms with Gasteiger partial charge in [0, 0.05) is 42.9 Å². The number of aryl methyl sites for hydroxylation is 1. The van der Waals surface area contributed by atoms with Crippen LogP contribution < -0.4 is 0 Å². The molecule has 0 N–H and O–H groups in total. The maximum Gasteiger partial charge on any atom is 0.0746 e. The van der Waals surface area contributed by atoms with Gasteiger partial charge < -0.3 is 9.64 Å².